The van der Waals surface area contributed by atoms with E-state index < -0.39 is 6.43 Å². The third-order valence-corrected chi connectivity index (χ3v) is 2.01. The minimum atomic E-state index is -2.54. The second kappa shape index (κ2) is 3.21. The zero-order chi connectivity index (χ0) is 10.1. The lowest BCUT2D eigenvalue weighted by atomic mass is 10.1. The van der Waals surface area contributed by atoms with Crippen molar-refractivity contribution in [2.24, 2.45) is 0 Å². The van der Waals surface area contributed by atoms with Gasteiger partial charge >= 0.3 is 0 Å². The van der Waals surface area contributed by atoms with E-state index in [0.29, 0.717) is 16.6 Å². The lowest BCUT2D eigenvalue weighted by Crippen LogP contribution is -1.93. The molecule has 0 amide bonds. The Labute approximate surface area is 79.4 Å². The zero-order valence-corrected chi connectivity index (χ0v) is 7.24. The SMILES string of the molecule is Nc1cccc2nc(C(F)F)ccc12. The Kier molecular flexibility index (Phi) is 2.04. The van der Waals surface area contributed by atoms with Gasteiger partial charge in [0.25, 0.3) is 6.43 Å². The minimum Gasteiger partial charge on any atom is -0.398 e. The van der Waals surface area contributed by atoms with Crippen LogP contribution >= 0.6 is 0 Å². The van der Waals surface area contributed by atoms with Gasteiger partial charge in [-0.2, -0.15) is 0 Å². The zero-order valence-electron chi connectivity index (χ0n) is 7.24. The summed E-state index contributed by atoms with van der Waals surface area (Å²) in [6.45, 7) is 0. The molecule has 1 heterocycles. The molecule has 0 saturated heterocycles. The topological polar surface area (TPSA) is 38.9 Å². The standard InChI is InChI=1S/C10H8F2N2/c11-10(12)9-5-4-6-7(13)2-1-3-8(6)14-9/h1-5,10H,13H2. The summed E-state index contributed by atoms with van der Waals surface area (Å²) in [7, 11) is 0. The van der Waals surface area contributed by atoms with E-state index >= 15 is 0 Å². The fourth-order valence-electron chi connectivity index (χ4n) is 1.32. The van der Waals surface area contributed by atoms with Crippen LogP contribution in [0.4, 0.5) is 14.5 Å². The molecule has 0 unspecified atom stereocenters. The second-order valence-corrected chi connectivity index (χ2v) is 2.95. The van der Waals surface area contributed by atoms with Crippen LogP contribution in [0.5, 0.6) is 0 Å². The third-order valence-electron chi connectivity index (χ3n) is 2.01. The Hall–Kier alpha value is -1.71. The van der Waals surface area contributed by atoms with Crippen LogP contribution in [-0.2, 0) is 0 Å². The number of halogens is 2. The third kappa shape index (κ3) is 1.39. The van der Waals surface area contributed by atoms with Crippen molar-refractivity contribution in [2.75, 3.05) is 5.73 Å². The first-order valence-electron chi connectivity index (χ1n) is 4.12. The molecule has 0 aliphatic carbocycles. The number of benzene rings is 1. The number of nitrogens with zero attached hydrogens (tertiary/aromatic N) is 1. The molecule has 0 bridgehead atoms. The van der Waals surface area contributed by atoms with Crippen molar-refractivity contribution in [3.8, 4) is 0 Å². The number of hydrogen-bond acceptors (Lipinski definition) is 2. The van der Waals surface area contributed by atoms with Gasteiger partial charge in [-0.25, -0.2) is 13.8 Å². The highest BCUT2D eigenvalue weighted by atomic mass is 19.3. The Bertz CT molecular complexity index is 469. The molecule has 0 atom stereocenters. The lowest BCUT2D eigenvalue weighted by Gasteiger charge is -2.03. The van der Waals surface area contributed by atoms with Crippen molar-refractivity contribution in [2.45, 2.75) is 6.43 Å². The molecule has 2 rings (SSSR count). The van der Waals surface area contributed by atoms with Crippen molar-refractivity contribution in [3.63, 3.8) is 0 Å². The van der Waals surface area contributed by atoms with Crippen LogP contribution in [0.15, 0.2) is 30.3 Å². The monoisotopic (exact) mass is 194 g/mol. The average Bonchev–Trinajstić information content (AvgIpc) is 2.17. The number of fused-ring (bicyclic) bond motifs is 1. The van der Waals surface area contributed by atoms with Gasteiger partial charge in [0.15, 0.2) is 0 Å². The normalized spacial score (nSPS) is 11.1. The molecule has 2 nitrogen and oxygen atoms in total. The molecular weight excluding hydrogens is 186 g/mol. The van der Waals surface area contributed by atoms with Crippen molar-refractivity contribution >= 4 is 16.6 Å². The summed E-state index contributed by atoms with van der Waals surface area (Å²) in [4.78, 5) is 3.81. The van der Waals surface area contributed by atoms with Crippen LogP contribution in [0, 0.1) is 0 Å². The van der Waals surface area contributed by atoms with E-state index in [2.05, 4.69) is 4.98 Å². The lowest BCUT2D eigenvalue weighted by molar-refractivity contribution is 0.146. The second-order valence-electron chi connectivity index (χ2n) is 2.95. The Morgan fingerprint density at radius 3 is 2.64 bits per heavy atom. The van der Waals surface area contributed by atoms with Gasteiger partial charge in [-0.1, -0.05) is 6.07 Å². The molecule has 2 N–H and O–H groups in total. The van der Waals surface area contributed by atoms with Gasteiger partial charge in [0, 0.05) is 11.1 Å². The van der Waals surface area contributed by atoms with Crippen molar-refractivity contribution < 1.29 is 8.78 Å². The highest BCUT2D eigenvalue weighted by molar-refractivity contribution is 5.90. The smallest absolute Gasteiger partial charge is 0.280 e. The summed E-state index contributed by atoms with van der Waals surface area (Å²) in [5, 5.41) is 0.705. The molecule has 14 heavy (non-hydrogen) atoms. The number of pyridine rings is 1. The molecular formula is C10H8F2N2. The van der Waals surface area contributed by atoms with Gasteiger partial charge in [-0.3, -0.25) is 0 Å². The summed E-state index contributed by atoms with van der Waals surface area (Å²) in [5.41, 5.74) is 6.49. The van der Waals surface area contributed by atoms with E-state index in [0.717, 1.165) is 0 Å². The largest absolute Gasteiger partial charge is 0.398 e. The maximum Gasteiger partial charge on any atom is 0.280 e. The number of alkyl halides is 2. The van der Waals surface area contributed by atoms with Gasteiger partial charge in [-0.15, -0.1) is 0 Å². The number of rotatable bonds is 1. The fraction of sp³-hybridized carbons (Fsp3) is 0.100. The summed E-state index contributed by atoms with van der Waals surface area (Å²) >= 11 is 0. The quantitative estimate of drug-likeness (QED) is 0.709. The van der Waals surface area contributed by atoms with Gasteiger partial charge in [0.1, 0.15) is 5.69 Å². The molecule has 0 saturated carbocycles. The molecule has 72 valence electrons. The van der Waals surface area contributed by atoms with E-state index in [9.17, 15) is 8.78 Å². The van der Waals surface area contributed by atoms with Gasteiger partial charge in [0.2, 0.25) is 0 Å². The maximum absolute atomic E-state index is 12.3. The molecule has 1 aromatic carbocycles. The molecule has 2 aromatic rings. The highest BCUT2D eigenvalue weighted by Crippen LogP contribution is 2.23. The molecule has 1 aromatic heterocycles. The number of anilines is 1. The first kappa shape index (κ1) is 8.87. The molecule has 0 spiro atoms. The molecule has 0 aliphatic rings. The van der Waals surface area contributed by atoms with Gasteiger partial charge < -0.3 is 5.73 Å². The Morgan fingerprint density at radius 1 is 1.14 bits per heavy atom. The molecule has 0 aliphatic heterocycles. The summed E-state index contributed by atoms with van der Waals surface area (Å²) in [6.07, 6.45) is -2.54. The van der Waals surface area contributed by atoms with E-state index in [4.69, 9.17) is 5.73 Å². The number of hydrogen-bond donors (Lipinski definition) is 1. The van der Waals surface area contributed by atoms with E-state index in [1.54, 1.807) is 24.3 Å². The van der Waals surface area contributed by atoms with Crippen LogP contribution < -0.4 is 5.73 Å². The predicted molar refractivity (Wildman–Crippen MR) is 51.1 cm³/mol. The highest BCUT2D eigenvalue weighted by Gasteiger charge is 2.09. The maximum atomic E-state index is 12.3. The van der Waals surface area contributed by atoms with E-state index in [1.807, 2.05) is 0 Å². The van der Waals surface area contributed by atoms with Crippen LogP contribution in [-0.4, -0.2) is 4.98 Å². The summed E-state index contributed by atoms with van der Waals surface area (Å²) in [5.74, 6) is 0. The van der Waals surface area contributed by atoms with Crippen molar-refractivity contribution in [3.05, 3.63) is 36.0 Å². The Morgan fingerprint density at radius 2 is 1.93 bits per heavy atom. The summed E-state index contributed by atoms with van der Waals surface area (Å²) < 4.78 is 24.6. The fourth-order valence-corrected chi connectivity index (χ4v) is 1.32. The predicted octanol–water partition coefficient (Wildman–Crippen LogP) is 2.75. The Balaban J connectivity index is 2.67. The average molecular weight is 194 g/mol. The number of aromatic nitrogens is 1. The minimum absolute atomic E-state index is 0.219. The van der Waals surface area contributed by atoms with Crippen LogP contribution in [0.3, 0.4) is 0 Å². The molecule has 0 fully saturated rings. The molecule has 0 radical (unpaired) electrons. The van der Waals surface area contributed by atoms with Crippen LogP contribution in [0.1, 0.15) is 12.1 Å². The van der Waals surface area contributed by atoms with Gasteiger partial charge in [0.05, 0.1) is 5.52 Å². The number of nitrogen functional groups attached to an aromatic ring is 1. The van der Waals surface area contributed by atoms with Crippen LogP contribution in [0.25, 0.3) is 10.9 Å². The van der Waals surface area contributed by atoms with E-state index in [-0.39, 0.29) is 5.69 Å². The van der Waals surface area contributed by atoms with Crippen LogP contribution in [0.2, 0.25) is 0 Å². The number of nitrogens with two attached hydrogens (primary N) is 1. The van der Waals surface area contributed by atoms with Crippen molar-refractivity contribution in [1.29, 1.82) is 0 Å². The first-order valence-corrected chi connectivity index (χ1v) is 4.12. The van der Waals surface area contributed by atoms with Gasteiger partial charge in [-0.05, 0) is 24.3 Å². The van der Waals surface area contributed by atoms with Crippen molar-refractivity contribution in [1.82, 2.24) is 4.98 Å². The molecule has 4 heteroatoms. The first-order chi connectivity index (χ1) is 6.68. The summed E-state index contributed by atoms with van der Waals surface area (Å²) in [6, 6.07) is 7.94. The van der Waals surface area contributed by atoms with E-state index in [1.165, 1.54) is 6.07 Å².